The number of rotatable bonds is 4. The van der Waals surface area contributed by atoms with Gasteiger partial charge in [-0.15, -0.1) is 0 Å². The minimum Gasteiger partial charge on any atom is -0.331 e. The first-order valence-electron chi connectivity index (χ1n) is 17.9. The number of imidazole rings is 2. The van der Waals surface area contributed by atoms with Gasteiger partial charge in [0.15, 0.2) is 0 Å². The second kappa shape index (κ2) is 11.5. The summed E-state index contributed by atoms with van der Waals surface area (Å²) in [5.74, 6) is 2.02. The molecule has 4 nitrogen and oxygen atoms in total. The summed E-state index contributed by atoms with van der Waals surface area (Å²) in [6, 6.07) is 53.6. The summed E-state index contributed by atoms with van der Waals surface area (Å²) in [6.45, 7) is 4.13. The molecule has 0 spiro atoms. The highest BCUT2D eigenvalue weighted by molar-refractivity contribution is 6.19. The van der Waals surface area contributed by atoms with E-state index in [9.17, 15) is 0 Å². The number of fused-ring (bicyclic) bond motifs is 5. The molecule has 0 fully saturated rings. The van der Waals surface area contributed by atoms with Gasteiger partial charge in [-0.1, -0.05) is 109 Å². The van der Waals surface area contributed by atoms with E-state index in [1.807, 2.05) is 0 Å². The van der Waals surface area contributed by atoms with Crippen LogP contribution in [0.2, 0.25) is 0 Å². The molecule has 2 heterocycles. The van der Waals surface area contributed by atoms with E-state index in [0.717, 1.165) is 33.7 Å². The quantitative estimate of drug-likeness (QED) is 0.175. The summed E-state index contributed by atoms with van der Waals surface area (Å²) in [5, 5.41) is 7.41. The number of hydrogen-bond acceptors (Lipinski definition) is 2. The Hall–Kier alpha value is -6.52. The zero-order valence-corrected chi connectivity index (χ0v) is 29.6. The molecular formula is C48H36N4. The minimum atomic E-state index is 1.01. The van der Waals surface area contributed by atoms with Crippen LogP contribution in [0, 0.1) is 13.8 Å². The molecule has 8 aromatic carbocycles. The first-order valence-corrected chi connectivity index (χ1v) is 17.9. The molecule has 0 radical (unpaired) electrons. The lowest BCUT2D eigenvalue weighted by Crippen LogP contribution is -1.93. The van der Waals surface area contributed by atoms with Crippen LogP contribution < -0.4 is 0 Å². The van der Waals surface area contributed by atoms with Crippen molar-refractivity contribution in [2.75, 3.05) is 0 Å². The number of aryl methyl sites for hydroxylation is 4. The Labute approximate surface area is 302 Å². The van der Waals surface area contributed by atoms with Gasteiger partial charge in [-0.25, -0.2) is 9.97 Å². The molecule has 0 saturated carbocycles. The third-order valence-corrected chi connectivity index (χ3v) is 11.1. The van der Waals surface area contributed by atoms with Crippen molar-refractivity contribution in [2.24, 2.45) is 14.1 Å². The van der Waals surface area contributed by atoms with E-state index in [-0.39, 0.29) is 0 Å². The van der Waals surface area contributed by atoms with Gasteiger partial charge >= 0.3 is 0 Å². The van der Waals surface area contributed by atoms with Crippen molar-refractivity contribution in [1.82, 2.24) is 19.1 Å². The summed E-state index contributed by atoms with van der Waals surface area (Å²) in [4.78, 5) is 9.57. The van der Waals surface area contributed by atoms with E-state index in [2.05, 4.69) is 183 Å². The van der Waals surface area contributed by atoms with Crippen molar-refractivity contribution < 1.29 is 0 Å². The zero-order chi connectivity index (χ0) is 35.1. The lowest BCUT2D eigenvalue weighted by atomic mass is 9.85. The average Bonchev–Trinajstić information content (AvgIpc) is 3.64. The van der Waals surface area contributed by atoms with E-state index in [0.29, 0.717) is 0 Å². The molecule has 4 heteroatoms. The molecular weight excluding hydrogens is 633 g/mol. The fourth-order valence-electron chi connectivity index (χ4n) is 8.25. The van der Waals surface area contributed by atoms with Gasteiger partial charge in [-0.2, -0.15) is 0 Å². The third-order valence-electron chi connectivity index (χ3n) is 11.1. The molecule has 10 rings (SSSR count). The molecule has 0 saturated heterocycles. The van der Waals surface area contributed by atoms with Gasteiger partial charge < -0.3 is 9.13 Å². The van der Waals surface area contributed by atoms with E-state index in [1.165, 1.54) is 76.8 Å². The van der Waals surface area contributed by atoms with Gasteiger partial charge in [0, 0.05) is 14.1 Å². The average molecular weight is 669 g/mol. The predicted molar refractivity (Wildman–Crippen MR) is 219 cm³/mol. The molecule has 0 aliphatic heterocycles. The monoisotopic (exact) mass is 668 g/mol. The van der Waals surface area contributed by atoms with Crippen LogP contribution in [0.25, 0.3) is 98.9 Å². The topological polar surface area (TPSA) is 35.6 Å². The molecule has 0 N–H and O–H groups in total. The first-order chi connectivity index (χ1) is 25.4. The van der Waals surface area contributed by atoms with Crippen LogP contribution in [-0.4, -0.2) is 19.1 Å². The minimum absolute atomic E-state index is 1.01. The molecule has 10 aromatic rings. The first kappa shape index (κ1) is 30.3. The van der Waals surface area contributed by atoms with Gasteiger partial charge in [0.05, 0.1) is 22.1 Å². The van der Waals surface area contributed by atoms with Crippen molar-refractivity contribution in [2.45, 2.75) is 13.8 Å². The fraction of sp³-hybridized carbons (Fsp3) is 0.0833. The van der Waals surface area contributed by atoms with Crippen LogP contribution in [0.4, 0.5) is 0 Å². The second-order valence-corrected chi connectivity index (χ2v) is 14.0. The Morgan fingerprint density at radius 2 is 0.904 bits per heavy atom. The highest BCUT2D eigenvalue weighted by Crippen LogP contribution is 2.44. The number of aromatic nitrogens is 4. The van der Waals surface area contributed by atoms with Crippen molar-refractivity contribution in [3.8, 4) is 44.5 Å². The fourth-order valence-corrected chi connectivity index (χ4v) is 8.25. The Morgan fingerprint density at radius 1 is 0.385 bits per heavy atom. The maximum Gasteiger partial charge on any atom is 0.106 e. The molecule has 0 aliphatic carbocycles. The van der Waals surface area contributed by atoms with Crippen LogP contribution in [-0.2, 0) is 14.1 Å². The summed E-state index contributed by atoms with van der Waals surface area (Å²) in [7, 11) is 4.19. The van der Waals surface area contributed by atoms with Crippen molar-refractivity contribution in [3.05, 3.63) is 157 Å². The lowest BCUT2D eigenvalue weighted by Gasteiger charge is -2.18. The van der Waals surface area contributed by atoms with Crippen LogP contribution in [0.1, 0.15) is 11.6 Å². The standard InChI is InChI=1S/C48H36N4/c1-29-49-44-23-20-33(26-46(44)51(29)3)37-15-9-17-40-42(37)28-43-38(34-21-24-45-47(27-34)52(4)30(2)50-45)16-10-18-41(43)48(40)35-19-22-39-32(25-35)13-8-14-36(39)31-11-6-5-7-12-31/h5-28H,1-4H3. The summed E-state index contributed by atoms with van der Waals surface area (Å²) < 4.78 is 4.36. The van der Waals surface area contributed by atoms with E-state index in [4.69, 9.17) is 9.97 Å². The molecule has 0 amide bonds. The maximum absolute atomic E-state index is 4.79. The Bertz CT molecular complexity index is 2910. The van der Waals surface area contributed by atoms with Crippen LogP contribution in [0.5, 0.6) is 0 Å². The van der Waals surface area contributed by atoms with Gasteiger partial charge in [-0.05, 0) is 127 Å². The summed E-state index contributed by atoms with van der Waals surface area (Å²) >= 11 is 0. The molecule has 0 atom stereocenters. The number of hydrogen-bond donors (Lipinski definition) is 0. The Balaban J connectivity index is 1.28. The van der Waals surface area contributed by atoms with Gasteiger partial charge in [-0.3, -0.25) is 0 Å². The van der Waals surface area contributed by atoms with Gasteiger partial charge in [0.2, 0.25) is 0 Å². The zero-order valence-electron chi connectivity index (χ0n) is 29.6. The van der Waals surface area contributed by atoms with Crippen molar-refractivity contribution >= 4 is 54.4 Å². The summed E-state index contributed by atoms with van der Waals surface area (Å²) in [6.07, 6.45) is 0. The highest BCUT2D eigenvalue weighted by atomic mass is 15.1. The van der Waals surface area contributed by atoms with Crippen molar-refractivity contribution in [1.29, 1.82) is 0 Å². The molecule has 0 unspecified atom stereocenters. The second-order valence-electron chi connectivity index (χ2n) is 14.0. The number of benzene rings is 8. The van der Waals surface area contributed by atoms with E-state index in [1.54, 1.807) is 0 Å². The molecule has 2 aromatic heterocycles. The van der Waals surface area contributed by atoms with Crippen LogP contribution in [0.3, 0.4) is 0 Å². The van der Waals surface area contributed by atoms with Crippen LogP contribution in [0.15, 0.2) is 146 Å². The summed E-state index contributed by atoms with van der Waals surface area (Å²) in [5.41, 5.74) is 14.0. The largest absolute Gasteiger partial charge is 0.331 e. The highest BCUT2D eigenvalue weighted by Gasteiger charge is 2.18. The Morgan fingerprint density at radius 3 is 1.48 bits per heavy atom. The molecule has 0 bridgehead atoms. The third kappa shape index (κ3) is 4.61. The molecule has 248 valence electrons. The Kier molecular flexibility index (Phi) is 6.71. The predicted octanol–water partition coefficient (Wildman–Crippen LogP) is 12.2. The molecule has 52 heavy (non-hydrogen) atoms. The SMILES string of the molecule is Cc1nc2ccc(-c3cccc4c(-c5ccc6c(-c7ccccc7)cccc6c5)c5cccc(-c6ccc7nc(C)n(C)c7c6)c5cc34)cc2n1C. The normalized spacial score (nSPS) is 11.8. The van der Waals surface area contributed by atoms with Crippen molar-refractivity contribution in [3.63, 3.8) is 0 Å². The van der Waals surface area contributed by atoms with E-state index >= 15 is 0 Å². The van der Waals surface area contributed by atoms with Gasteiger partial charge in [0.1, 0.15) is 11.6 Å². The lowest BCUT2D eigenvalue weighted by molar-refractivity contribution is 0.886. The van der Waals surface area contributed by atoms with Gasteiger partial charge in [0.25, 0.3) is 0 Å². The number of nitrogens with zero attached hydrogens (tertiary/aromatic N) is 4. The maximum atomic E-state index is 4.79. The molecule has 0 aliphatic rings. The van der Waals surface area contributed by atoms with E-state index < -0.39 is 0 Å². The van der Waals surface area contributed by atoms with Crippen LogP contribution >= 0.6 is 0 Å². The smallest absolute Gasteiger partial charge is 0.106 e.